The Bertz CT molecular complexity index is 1260. The number of nitrogens with one attached hydrogen (secondary N) is 1. The van der Waals surface area contributed by atoms with Crippen molar-refractivity contribution in [2.24, 2.45) is 5.73 Å². The van der Waals surface area contributed by atoms with Crippen molar-refractivity contribution in [1.82, 2.24) is 0 Å². The van der Waals surface area contributed by atoms with Crippen LogP contribution in [0.4, 0.5) is 32.0 Å². The molecule has 5 nitrogen and oxygen atoms in total. The van der Waals surface area contributed by atoms with Crippen LogP contribution in [-0.2, 0) is 6.18 Å². The van der Waals surface area contributed by atoms with Crippen molar-refractivity contribution in [3.63, 3.8) is 0 Å². The highest BCUT2D eigenvalue weighted by Crippen LogP contribution is 2.37. The fraction of sp³-hybridized carbons (Fsp3) is 0.0476. The first-order valence-electron chi connectivity index (χ1n) is 8.81. The van der Waals surface area contributed by atoms with Crippen LogP contribution >= 0.6 is 11.6 Å². The highest BCUT2D eigenvalue weighted by molar-refractivity contribution is 6.32. The molecule has 0 atom stereocenters. The highest BCUT2D eigenvalue weighted by Gasteiger charge is 2.31. The van der Waals surface area contributed by atoms with Gasteiger partial charge in [0.05, 0.1) is 21.8 Å². The molecule has 0 radical (unpaired) electrons. The van der Waals surface area contributed by atoms with Crippen molar-refractivity contribution in [3.05, 3.63) is 87.7 Å². The number of halogens is 7. The zero-order chi connectivity index (χ0) is 24.5. The largest absolute Gasteiger partial charge is 0.456 e. The topological polar surface area (TPSA) is 81.4 Å². The summed E-state index contributed by atoms with van der Waals surface area (Å²) in [5.41, 5.74) is 1.57. The number of hydrogen-bond acceptors (Lipinski definition) is 3. The highest BCUT2D eigenvalue weighted by atomic mass is 35.5. The number of hydrogen-bond donors (Lipinski definition) is 2. The number of nitrogens with two attached hydrogens (primary N) is 1. The molecule has 0 saturated carbocycles. The second-order valence-corrected chi connectivity index (χ2v) is 6.90. The van der Waals surface area contributed by atoms with Gasteiger partial charge in [-0.3, -0.25) is 9.59 Å². The third-order valence-electron chi connectivity index (χ3n) is 4.26. The molecule has 0 saturated heterocycles. The van der Waals surface area contributed by atoms with E-state index in [0.717, 1.165) is 36.4 Å². The Labute approximate surface area is 186 Å². The van der Waals surface area contributed by atoms with E-state index in [4.69, 9.17) is 22.1 Å². The van der Waals surface area contributed by atoms with Crippen LogP contribution in [0.15, 0.2) is 48.5 Å². The van der Waals surface area contributed by atoms with Crippen molar-refractivity contribution in [2.45, 2.75) is 6.18 Å². The lowest BCUT2D eigenvalue weighted by molar-refractivity contribution is -0.137. The van der Waals surface area contributed by atoms with Crippen molar-refractivity contribution in [3.8, 4) is 11.5 Å². The van der Waals surface area contributed by atoms with Gasteiger partial charge in [-0.05, 0) is 42.5 Å². The van der Waals surface area contributed by atoms with E-state index in [-0.39, 0.29) is 16.5 Å². The zero-order valence-electron chi connectivity index (χ0n) is 16.1. The van der Waals surface area contributed by atoms with Crippen LogP contribution in [0.2, 0.25) is 5.02 Å². The Balaban J connectivity index is 1.80. The van der Waals surface area contributed by atoms with Gasteiger partial charge in [0.1, 0.15) is 28.7 Å². The Kier molecular flexibility index (Phi) is 6.54. The third kappa shape index (κ3) is 5.20. The van der Waals surface area contributed by atoms with E-state index in [1.807, 2.05) is 5.32 Å². The molecule has 3 aromatic rings. The Morgan fingerprint density at radius 2 is 1.64 bits per heavy atom. The van der Waals surface area contributed by atoms with Crippen LogP contribution in [0.1, 0.15) is 26.3 Å². The quantitative estimate of drug-likeness (QED) is 0.437. The van der Waals surface area contributed by atoms with Gasteiger partial charge in [-0.25, -0.2) is 13.2 Å². The van der Waals surface area contributed by atoms with E-state index >= 15 is 0 Å². The predicted molar refractivity (Wildman–Crippen MR) is 106 cm³/mol. The maximum Gasteiger partial charge on any atom is 0.416 e. The molecule has 0 aliphatic heterocycles. The van der Waals surface area contributed by atoms with Crippen molar-refractivity contribution in [2.75, 3.05) is 5.32 Å². The minimum atomic E-state index is -4.61. The molecule has 0 aromatic heterocycles. The summed E-state index contributed by atoms with van der Waals surface area (Å²) in [6, 6.07) is 6.68. The number of alkyl halides is 3. The summed E-state index contributed by atoms with van der Waals surface area (Å²) in [7, 11) is 0. The van der Waals surface area contributed by atoms with E-state index < -0.39 is 57.8 Å². The molecule has 172 valence electrons. The molecular weight excluding hydrogens is 478 g/mol. The van der Waals surface area contributed by atoms with E-state index in [1.54, 1.807) is 0 Å². The molecule has 12 heteroatoms. The van der Waals surface area contributed by atoms with Crippen molar-refractivity contribution >= 4 is 29.1 Å². The fourth-order valence-electron chi connectivity index (χ4n) is 2.69. The molecular formula is C21H11ClF6N2O3. The average molecular weight is 489 g/mol. The molecule has 0 fully saturated rings. The molecule has 0 heterocycles. The number of carbonyl (C=O) groups is 2. The van der Waals surface area contributed by atoms with Crippen molar-refractivity contribution in [1.29, 1.82) is 0 Å². The zero-order valence-corrected chi connectivity index (χ0v) is 16.8. The van der Waals surface area contributed by atoms with Crippen LogP contribution in [0.25, 0.3) is 0 Å². The second kappa shape index (κ2) is 9.02. The lowest BCUT2D eigenvalue weighted by atomic mass is 10.1. The number of rotatable bonds is 5. The van der Waals surface area contributed by atoms with Gasteiger partial charge in [0.25, 0.3) is 11.8 Å². The molecule has 33 heavy (non-hydrogen) atoms. The normalized spacial score (nSPS) is 11.2. The number of primary amides is 1. The van der Waals surface area contributed by atoms with Gasteiger partial charge in [-0.1, -0.05) is 11.6 Å². The van der Waals surface area contributed by atoms with E-state index in [9.17, 15) is 35.9 Å². The van der Waals surface area contributed by atoms with Crippen molar-refractivity contribution < 1.29 is 40.7 Å². The second-order valence-electron chi connectivity index (χ2n) is 6.49. The first-order valence-corrected chi connectivity index (χ1v) is 9.19. The fourth-order valence-corrected chi connectivity index (χ4v) is 2.91. The minimum Gasteiger partial charge on any atom is -0.456 e. The molecule has 3 aromatic carbocycles. The van der Waals surface area contributed by atoms with Crippen LogP contribution in [-0.4, -0.2) is 11.8 Å². The van der Waals surface area contributed by atoms with E-state index in [1.165, 1.54) is 0 Å². The molecule has 0 aliphatic rings. The van der Waals surface area contributed by atoms with Gasteiger partial charge in [0, 0.05) is 6.07 Å². The molecule has 3 N–H and O–H groups in total. The predicted octanol–water partition coefficient (Wildman–Crippen LogP) is 5.92. The van der Waals surface area contributed by atoms with Gasteiger partial charge in [0.2, 0.25) is 0 Å². The molecule has 3 rings (SSSR count). The van der Waals surface area contributed by atoms with Crippen LogP contribution < -0.4 is 15.8 Å². The number of carbonyl (C=O) groups excluding carboxylic acids is 2. The summed E-state index contributed by atoms with van der Waals surface area (Å²) >= 11 is 5.78. The van der Waals surface area contributed by atoms with Gasteiger partial charge >= 0.3 is 6.18 Å². The summed E-state index contributed by atoms with van der Waals surface area (Å²) in [6.45, 7) is 0. The van der Waals surface area contributed by atoms with E-state index in [0.29, 0.717) is 12.1 Å². The molecule has 0 aliphatic carbocycles. The molecule has 0 spiro atoms. The smallest absolute Gasteiger partial charge is 0.416 e. The number of ether oxygens (including phenoxy) is 1. The van der Waals surface area contributed by atoms with Crippen LogP contribution in [0.5, 0.6) is 11.5 Å². The monoisotopic (exact) mass is 488 g/mol. The molecule has 2 amide bonds. The number of amides is 2. The standard InChI is InChI=1S/C21H11ClF6N2O3/c22-12-7-9(21(26,27)28)1-6-16(12)33-10-2-5-15(14(24)8-10)30-20(32)11-3-4-13(23)17(18(11)25)19(29)31/h1-8H,(H2,29,31)(H,30,32). The average Bonchev–Trinajstić information content (AvgIpc) is 2.70. The van der Waals surface area contributed by atoms with E-state index in [2.05, 4.69) is 0 Å². The summed E-state index contributed by atoms with van der Waals surface area (Å²) in [5.74, 6) is -6.84. The minimum absolute atomic E-state index is 0.170. The Morgan fingerprint density at radius 3 is 2.21 bits per heavy atom. The molecule has 0 unspecified atom stereocenters. The maximum absolute atomic E-state index is 14.4. The van der Waals surface area contributed by atoms with Gasteiger partial charge in [-0.2, -0.15) is 13.2 Å². The summed E-state index contributed by atoms with van der Waals surface area (Å²) in [5, 5.41) is 1.67. The maximum atomic E-state index is 14.4. The number of anilines is 1. The number of benzene rings is 3. The summed E-state index contributed by atoms with van der Waals surface area (Å²) < 4.78 is 85.7. The van der Waals surface area contributed by atoms with Gasteiger partial charge in [-0.15, -0.1) is 0 Å². The lowest BCUT2D eigenvalue weighted by Crippen LogP contribution is -2.21. The summed E-state index contributed by atoms with van der Waals surface area (Å²) in [6.07, 6.45) is -4.61. The van der Waals surface area contributed by atoms with Gasteiger partial charge < -0.3 is 15.8 Å². The first-order chi connectivity index (χ1) is 15.4. The lowest BCUT2D eigenvalue weighted by Gasteiger charge is -2.13. The summed E-state index contributed by atoms with van der Waals surface area (Å²) in [4.78, 5) is 23.5. The Morgan fingerprint density at radius 1 is 0.939 bits per heavy atom. The van der Waals surface area contributed by atoms with Gasteiger partial charge in [0.15, 0.2) is 5.82 Å². The Hall–Kier alpha value is -3.73. The van der Waals surface area contributed by atoms with Crippen LogP contribution in [0, 0.1) is 17.5 Å². The first kappa shape index (κ1) is 23.9. The SMILES string of the molecule is NC(=O)c1c(F)ccc(C(=O)Nc2ccc(Oc3ccc(C(F)(F)F)cc3Cl)cc2F)c1F. The molecule has 0 bridgehead atoms. The third-order valence-corrected chi connectivity index (χ3v) is 4.55. The van der Waals surface area contributed by atoms with Crippen LogP contribution in [0.3, 0.4) is 0 Å².